The number of hydrogen-bond acceptors (Lipinski definition) is 6. The smallest absolute Gasteiger partial charge is 0.131 e. The third-order valence-corrected chi connectivity index (χ3v) is 5.60. The zero-order chi connectivity index (χ0) is 15.5. The van der Waals surface area contributed by atoms with Crippen LogP contribution in [0.15, 0.2) is 30.3 Å². The molecule has 0 saturated heterocycles. The molecule has 0 fully saturated rings. The molecule has 4 nitrogen and oxygen atoms in total. The molecule has 1 aromatic carbocycles. The maximum atomic E-state index is 4.71. The third kappa shape index (κ3) is 3.40. The maximum absolute atomic E-state index is 4.71. The van der Waals surface area contributed by atoms with Gasteiger partial charge in [-0.1, -0.05) is 30.3 Å². The van der Waals surface area contributed by atoms with E-state index in [0.29, 0.717) is 0 Å². The van der Waals surface area contributed by atoms with Crippen LogP contribution in [0, 0.1) is 13.8 Å². The third-order valence-electron chi connectivity index (χ3n) is 3.37. The summed E-state index contributed by atoms with van der Waals surface area (Å²) in [7, 11) is 0. The SMILES string of the molecule is Cc1nnc(CNC(C)c2sc(-c3ccccc3)nc2C)s1. The van der Waals surface area contributed by atoms with E-state index in [1.165, 1.54) is 10.4 Å². The van der Waals surface area contributed by atoms with Gasteiger partial charge in [0.25, 0.3) is 0 Å². The second-order valence-corrected chi connectivity index (χ2v) is 7.45. The number of nitrogens with one attached hydrogen (secondary N) is 1. The average molecular weight is 330 g/mol. The van der Waals surface area contributed by atoms with Crippen LogP contribution in [0.3, 0.4) is 0 Å². The minimum absolute atomic E-state index is 0.249. The number of thiazole rings is 1. The summed E-state index contributed by atoms with van der Waals surface area (Å²) in [5.41, 5.74) is 2.27. The summed E-state index contributed by atoms with van der Waals surface area (Å²) >= 11 is 3.39. The van der Waals surface area contributed by atoms with Crippen molar-refractivity contribution in [3.63, 3.8) is 0 Å². The van der Waals surface area contributed by atoms with E-state index in [1.54, 1.807) is 22.7 Å². The van der Waals surface area contributed by atoms with Crippen molar-refractivity contribution >= 4 is 22.7 Å². The molecule has 22 heavy (non-hydrogen) atoms. The Hall–Kier alpha value is -1.63. The van der Waals surface area contributed by atoms with E-state index in [2.05, 4.69) is 41.5 Å². The molecule has 3 aromatic rings. The Balaban J connectivity index is 1.72. The van der Waals surface area contributed by atoms with Crippen LogP contribution >= 0.6 is 22.7 Å². The second kappa shape index (κ2) is 6.64. The molecule has 0 aliphatic rings. The number of aromatic nitrogens is 3. The summed E-state index contributed by atoms with van der Waals surface area (Å²) < 4.78 is 0. The van der Waals surface area contributed by atoms with Gasteiger partial charge in [0.2, 0.25) is 0 Å². The molecule has 0 amide bonds. The highest BCUT2D eigenvalue weighted by atomic mass is 32.1. The van der Waals surface area contributed by atoms with Crippen LogP contribution < -0.4 is 5.32 Å². The highest BCUT2D eigenvalue weighted by Crippen LogP contribution is 2.31. The van der Waals surface area contributed by atoms with E-state index in [4.69, 9.17) is 4.98 Å². The van der Waals surface area contributed by atoms with Crippen LogP contribution in [0.4, 0.5) is 0 Å². The number of benzene rings is 1. The molecule has 0 aliphatic carbocycles. The highest BCUT2D eigenvalue weighted by Gasteiger charge is 2.15. The Labute approximate surface area is 138 Å². The molecule has 1 N–H and O–H groups in total. The zero-order valence-corrected chi connectivity index (χ0v) is 14.5. The zero-order valence-electron chi connectivity index (χ0n) is 12.8. The fraction of sp³-hybridized carbons (Fsp3) is 0.312. The lowest BCUT2D eigenvalue weighted by molar-refractivity contribution is 0.575. The van der Waals surface area contributed by atoms with Gasteiger partial charge in [0, 0.05) is 16.5 Å². The van der Waals surface area contributed by atoms with Crippen LogP contribution in [-0.2, 0) is 6.54 Å². The number of rotatable bonds is 5. The lowest BCUT2D eigenvalue weighted by Gasteiger charge is -2.11. The molecule has 1 atom stereocenters. The Bertz CT molecular complexity index is 749. The van der Waals surface area contributed by atoms with Crippen molar-refractivity contribution in [2.24, 2.45) is 0 Å². The van der Waals surface area contributed by atoms with Crippen molar-refractivity contribution < 1.29 is 0 Å². The Kier molecular flexibility index (Phi) is 4.61. The van der Waals surface area contributed by atoms with Gasteiger partial charge in [-0.25, -0.2) is 4.98 Å². The molecule has 114 valence electrons. The molecular weight excluding hydrogens is 312 g/mol. The highest BCUT2D eigenvalue weighted by molar-refractivity contribution is 7.15. The minimum Gasteiger partial charge on any atom is -0.303 e. The summed E-state index contributed by atoms with van der Waals surface area (Å²) in [6.45, 7) is 6.96. The predicted molar refractivity (Wildman–Crippen MR) is 92.2 cm³/mol. The van der Waals surface area contributed by atoms with Crippen molar-refractivity contribution in [2.75, 3.05) is 0 Å². The molecule has 0 radical (unpaired) electrons. The second-order valence-electron chi connectivity index (χ2n) is 5.15. The molecule has 0 bridgehead atoms. The summed E-state index contributed by atoms with van der Waals surface area (Å²) in [5.74, 6) is 0. The number of nitrogens with zero attached hydrogens (tertiary/aromatic N) is 3. The first-order valence-electron chi connectivity index (χ1n) is 7.18. The molecule has 2 heterocycles. The van der Waals surface area contributed by atoms with Gasteiger partial charge in [0.15, 0.2) is 0 Å². The van der Waals surface area contributed by atoms with Crippen LogP contribution in [0.5, 0.6) is 0 Å². The largest absolute Gasteiger partial charge is 0.303 e. The monoisotopic (exact) mass is 330 g/mol. The fourth-order valence-corrected chi connectivity index (χ4v) is 4.01. The topological polar surface area (TPSA) is 50.7 Å². The van der Waals surface area contributed by atoms with Crippen molar-refractivity contribution in [2.45, 2.75) is 33.4 Å². The van der Waals surface area contributed by atoms with E-state index >= 15 is 0 Å². The Morgan fingerprint density at radius 2 is 1.86 bits per heavy atom. The van der Waals surface area contributed by atoms with E-state index in [1.807, 2.05) is 25.1 Å². The van der Waals surface area contributed by atoms with E-state index < -0.39 is 0 Å². The maximum Gasteiger partial charge on any atom is 0.131 e. The molecule has 3 rings (SSSR count). The van der Waals surface area contributed by atoms with E-state index in [9.17, 15) is 0 Å². The van der Waals surface area contributed by atoms with Crippen LogP contribution in [0.2, 0.25) is 0 Å². The average Bonchev–Trinajstić information content (AvgIpc) is 3.12. The van der Waals surface area contributed by atoms with Crippen molar-refractivity contribution in [1.29, 1.82) is 0 Å². The van der Waals surface area contributed by atoms with Gasteiger partial charge in [-0.2, -0.15) is 0 Å². The van der Waals surface area contributed by atoms with Crippen molar-refractivity contribution in [3.05, 3.63) is 50.9 Å². The van der Waals surface area contributed by atoms with E-state index in [0.717, 1.165) is 27.3 Å². The van der Waals surface area contributed by atoms with Crippen molar-refractivity contribution in [3.8, 4) is 10.6 Å². The van der Waals surface area contributed by atoms with Gasteiger partial charge < -0.3 is 5.32 Å². The number of aryl methyl sites for hydroxylation is 2. The summed E-state index contributed by atoms with van der Waals surface area (Å²) in [6, 6.07) is 10.6. The standard InChI is InChI=1S/C16H18N4S2/c1-10(17-9-14-20-19-12(3)21-14)15-11(2)18-16(22-15)13-7-5-4-6-8-13/h4-8,10,17H,9H2,1-3H3. The minimum atomic E-state index is 0.249. The van der Waals surface area contributed by atoms with Crippen LogP contribution in [0.1, 0.15) is 33.6 Å². The predicted octanol–water partition coefficient (Wildman–Crippen LogP) is 4.13. The first-order valence-corrected chi connectivity index (χ1v) is 8.82. The first-order chi connectivity index (χ1) is 10.6. The van der Waals surface area contributed by atoms with Gasteiger partial charge >= 0.3 is 0 Å². The molecular formula is C16H18N4S2. The van der Waals surface area contributed by atoms with Crippen LogP contribution in [-0.4, -0.2) is 15.2 Å². The molecule has 6 heteroatoms. The first kappa shape index (κ1) is 15.3. The van der Waals surface area contributed by atoms with E-state index in [-0.39, 0.29) is 6.04 Å². The Morgan fingerprint density at radius 3 is 2.55 bits per heavy atom. The lowest BCUT2D eigenvalue weighted by Crippen LogP contribution is -2.17. The fourth-order valence-electron chi connectivity index (χ4n) is 2.26. The lowest BCUT2D eigenvalue weighted by atomic mass is 10.2. The van der Waals surface area contributed by atoms with Gasteiger partial charge in [-0.05, 0) is 20.8 Å². The quantitative estimate of drug-likeness (QED) is 0.764. The Morgan fingerprint density at radius 1 is 1.09 bits per heavy atom. The molecule has 2 aromatic heterocycles. The summed E-state index contributed by atoms with van der Waals surface area (Å²) in [4.78, 5) is 5.99. The summed E-state index contributed by atoms with van der Waals surface area (Å²) in [6.07, 6.45) is 0. The molecule has 0 saturated carbocycles. The van der Waals surface area contributed by atoms with Gasteiger partial charge in [0.1, 0.15) is 15.0 Å². The van der Waals surface area contributed by atoms with Crippen LogP contribution in [0.25, 0.3) is 10.6 Å². The van der Waals surface area contributed by atoms with Crippen molar-refractivity contribution in [1.82, 2.24) is 20.5 Å². The van der Waals surface area contributed by atoms with Gasteiger partial charge in [-0.15, -0.1) is 32.9 Å². The summed E-state index contributed by atoms with van der Waals surface area (Å²) in [5, 5.41) is 14.8. The molecule has 0 aliphatic heterocycles. The number of hydrogen-bond donors (Lipinski definition) is 1. The van der Waals surface area contributed by atoms with Gasteiger partial charge in [0.05, 0.1) is 12.2 Å². The molecule has 1 unspecified atom stereocenters. The normalized spacial score (nSPS) is 12.5. The van der Waals surface area contributed by atoms with Gasteiger partial charge in [-0.3, -0.25) is 0 Å². The molecule has 0 spiro atoms.